The van der Waals surface area contributed by atoms with Crippen molar-refractivity contribution in [3.8, 4) is 5.75 Å². The van der Waals surface area contributed by atoms with Crippen LogP contribution in [0.15, 0.2) is 33.9 Å². The maximum absolute atomic E-state index is 12.6. The molecule has 32 heavy (non-hydrogen) atoms. The van der Waals surface area contributed by atoms with E-state index >= 15 is 0 Å². The van der Waals surface area contributed by atoms with Gasteiger partial charge in [-0.3, -0.25) is 24.0 Å². The minimum atomic E-state index is -0.981. The third-order valence-electron chi connectivity index (χ3n) is 4.45. The van der Waals surface area contributed by atoms with Gasteiger partial charge < -0.3 is 14.2 Å². The monoisotopic (exact) mass is 447 g/mol. The van der Waals surface area contributed by atoms with E-state index in [-0.39, 0.29) is 25.5 Å². The van der Waals surface area contributed by atoms with Crippen molar-refractivity contribution >= 4 is 23.8 Å². The van der Waals surface area contributed by atoms with Gasteiger partial charge >= 0.3 is 22.9 Å². The third-order valence-corrected chi connectivity index (χ3v) is 4.45. The Morgan fingerprint density at radius 2 is 1.88 bits per heavy atom. The predicted molar refractivity (Wildman–Crippen MR) is 117 cm³/mol. The topological polar surface area (TPSA) is 132 Å². The number of ether oxygens (including phenoxy) is 3. The molecule has 0 aliphatic carbocycles. The van der Waals surface area contributed by atoms with E-state index in [4.69, 9.17) is 14.2 Å². The highest BCUT2D eigenvalue weighted by Crippen LogP contribution is 2.18. The van der Waals surface area contributed by atoms with Crippen molar-refractivity contribution in [3.63, 3.8) is 0 Å². The van der Waals surface area contributed by atoms with Crippen LogP contribution in [0.2, 0.25) is 0 Å². The van der Waals surface area contributed by atoms with Gasteiger partial charge in [-0.25, -0.2) is 9.59 Å². The van der Waals surface area contributed by atoms with Gasteiger partial charge in [-0.1, -0.05) is 18.2 Å². The molecule has 1 heterocycles. The van der Waals surface area contributed by atoms with E-state index in [2.05, 4.69) is 0 Å². The van der Waals surface area contributed by atoms with E-state index in [9.17, 15) is 24.5 Å². The maximum Gasteiger partial charge on any atom is 0.357 e. The van der Waals surface area contributed by atoms with Gasteiger partial charge in [0.05, 0.1) is 11.5 Å². The lowest BCUT2D eigenvalue weighted by Gasteiger charge is -2.12. The average Bonchev–Trinajstić information content (AvgIpc) is 2.77. The molecule has 172 valence electrons. The van der Waals surface area contributed by atoms with Crippen LogP contribution in [-0.4, -0.2) is 47.0 Å². The molecule has 0 bridgehead atoms. The zero-order valence-corrected chi connectivity index (χ0v) is 18.1. The van der Waals surface area contributed by atoms with Crippen molar-refractivity contribution in [1.29, 1.82) is 0 Å². The molecule has 1 aromatic heterocycles. The van der Waals surface area contributed by atoms with Crippen LogP contribution in [0.3, 0.4) is 0 Å². The SMILES string of the molecule is CCOC(=O)COc1ccc(/C=C/c2c([N+](=O)[O-])c(=O)n(C)c(=O)n2CCCOC)cc1. The van der Waals surface area contributed by atoms with Crippen molar-refractivity contribution in [1.82, 2.24) is 9.13 Å². The lowest BCUT2D eigenvalue weighted by Crippen LogP contribution is -2.40. The largest absolute Gasteiger partial charge is 0.482 e. The van der Waals surface area contributed by atoms with Crippen LogP contribution in [0.1, 0.15) is 24.6 Å². The fraction of sp³-hybridized carbons (Fsp3) is 0.381. The fourth-order valence-electron chi connectivity index (χ4n) is 2.89. The molecule has 0 saturated heterocycles. The highest BCUT2D eigenvalue weighted by atomic mass is 16.6. The van der Waals surface area contributed by atoms with Crippen LogP contribution in [0.5, 0.6) is 5.75 Å². The normalized spacial score (nSPS) is 11.0. The minimum absolute atomic E-state index is 0.0955. The molecule has 0 N–H and O–H groups in total. The summed E-state index contributed by atoms with van der Waals surface area (Å²) in [5.41, 5.74) is -1.78. The van der Waals surface area contributed by atoms with Crippen LogP contribution < -0.4 is 16.0 Å². The molecular formula is C21H25N3O8. The number of benzene rings is 1. The molecule has 0 spiro atoms. The summed E-state index contributed by atoms with van der Waals surface area (Å²) in [4.78, 5) is 47.1. The minimum Gasteiger partial charge on any atom is -0.482 e. The molecule has 0 saturated carbocycles. The van der Waals surface area contributed by atoms with Gasteiger partial charge in [0.25, 0.3) is 0 Å². The molecule has 0 atom stereocenters. The Kier molecular flexibility index (Phi) is 8.90. The fourth-order valence-corrected chi connectivity index (χ4v) is 2.89. The lowest BCUT2D eigenvalue weighted by atomic mass is 10.1. The molecule has 0 fully saturated rings. The van der Waals surface area contributed by atoms with Gasteiger partial charge in [0.1, 0.15) is 11.4 Å². The molecule has 11 nitrogen and oxygen atoms in total. The van der Waals surface area contributed by atoms with Crippen LogP contribution in [0.4, 0.5) is 5.69 Å². The number of carbonyl (C=O) groups is 1. The van der Waals surface area contributed by atoms with Gasteiger partial charge in [0, 0.05) is 27.3 Å². The van der Waals surface area contributed by atoms with E-state index in [1.54, 1.807) is 37.3 Å². The Bertz CT molecular complexity index is 1100. The first kappa shape index (κ1) is 24.5. The summed E-state index contributed by atoms with van der Waals surface area (Å²) >= 11 is 0. The summed E-state index contributed by atoms with van der Waals surface area (Å²) in [6.45, 7) is 2.22. The second kappa shape index (κ2) is 11.6. The van der Waals surface area contributed by atoms with Crippen molar-refractivity contribution in [2.75, 3.05) is 26.9 Å². The summed E-state index contributed by atoms with van der Waals surface area (Å²) < 4.78 is 17.0. The highest BCUT2D eigenvalue weighted by Gasteiger charge is 2.25. The number of nitrogens with zero attached hydrogens (tertiary/aromatic N) is 3. The molecule has 0 aliphatic rings. The number of aromatic nitrogens is 2. The molecule has 2 aromatic rings. The number of nitro groups is 1. The molecule has 0 radical (unpaired) electrons. The molecule has 2 rings (SSSR count). The Morgan fingerprint density at radius 3 is 2.47 bits per heavy atom. The van der Waals surface area contributed by atoms with Crippen LogP contribution in [0.25, 0.3) is 12.2 Å². The molecule has 0 amide bonds. The van der Waals surface area contributed by atoms with Crippen molar-refractivity contribution < 1.29 is 23.9 Å². The van der Waals surface area contributed by atoms with Crippen LogP contribution in [0, 0.1) is 10.1 Å². The number of hydrogen-bond donors (Lipinski definition) is 0. The average molecular weight is 447 g/mol. The van der Waals surface area contributed by atoms with Crippen molar-refractivity contribution in [2.24, 2.45) is 7.05 Å². The summed E-state index contributed by atoms with van der Waals surface area (Å²) in [7, 11) is 2.71. The van der Waals surface area contributed by atoms with Gasteiger partial charge in [-0.05, 0) is 37.1 Å². The molecular weight excluding hydrogens is 422 g/mol. The zero-order valence-electron chi connectivity index (χ0n) is 18.1. The first-order valence-corrected chi connectivity index (χ1v) is 9.83. The van der Waals surface area contributed by atoms with Gasteiger partial charge in [-0.15, -0.1) is 0 Å². The first-order valence-electron chi connectivity index (χ1n) is 9.83. The standard InChI is InChI=1S/C21H25N3O8/c1-4-31-18(25)14-32-16-9-6-15(7-10-16)8-11-17-19(24(28)29)20(26)22(2)21(27)23(17)12-5-13-30-3/h6-11H,4-5,12-14H2,1-3H3/b11-8+. The van der Waals surface area contributed by atoms with E-state index in [1.165, 1.54) is 24.8 Å². The highest BCUT2D eigenvalue weighted by molar-refractivity contribution is 5.72. The van der Waals surface area contributed by atoms with Crippen LogP contribution >= 0.6 is 0 Å². The maximum atomic E-state index is 12.6. The van der Waals surface area contributed by atoms with Crippen LogP contribution in [-0.2, 0) is 27.9 Å². The van der Waals surface area contributed by atoms with E-state index in [0.29, 0.717) is 24.3 Å². The van der Waals surface area contributed by atoms with E-state index < -0.39 is 27.8 Å². The quantitative estimate of drug-likeness (QED) is 0.220. The van der Waals surface area contributed by atoms with Gasteiger partial charge in [-0.2, -0.15) is 0 Å². The molecule has 0 unspecified atom stereocenters. The van der Waals surface area contributed by atoms with E-state index in [1.807, 2.05) is 0 Å². The summed E-state index contributed by atoms with van der Waals surface area (Å²) in [6, 6.07) is 6.56. The molecule has 1 aromatic carbocycles. The second-order valence-electron chi connectivity index (χ2n) is 6.63. The molecule has 11 heteroatoms. The Balaban J connectivity index is 2.36. The van der Waals surface area contributed by atoms with Crippen molar-refractivity contribution in [3.05, 3.63) is 66.5 Å². The number of methoxy groups -OCH3 is 1. The first-order chi connectivity index (χ1) is 15.3. The van der Waals surface area contributed by atoms with Gasteiger partial charge in [0.2, 0.25) is 0 Å². The number of hydrogen-bond acceptors (Lipinski definition) is 8. The predicted octanol–water partition coefficient (Wildman–Crippen LogP) is 1.60. The smallest absolute Gasteiger partial charge is 0.357 e. The number of esters is 1. The second-order valence-corrected chi connectivity index (χ2v) is 6.63. The number of carbonyl (C=O) groups excluding carboxylic acids is 1. The Morgan fingerprint density at radius 1 is 1.19 bits per heavy atom. The Labute approximate surface area is 183 Å². The lowest BCUT2D eigenvalue weighted by molar-refractivity contribution is -0.387. The Hall–Kier alpha value is -3.73. The summed E-state index contributed by atoms with van der Waals surface area (Å²) in [6.07, 6.45) is 3.34. The summed E-state index contributed by atoms with van der Waals surface area (Å²) in [5.74, 6) is -0.0490. The van der Waals surface area contributed by atoms with E-state index in [0.717, 1.165) is 4.57 Å². The molecule has 0 aliphatic heterocycles. The van der Waals surface area contributed by atoms with Gasteiger partial charge in [0.15, 0.2) is 6.61 Å². The summed E-state index contributed by atoms with van der Waals surface area (Å²) in [5, 5.41) is 11.6. The zero-order chi connectivity index (χ0) is 23.7. The number of rotatable bonds is 11. The third kappa shape index (κ3) is 6.14. The van der Waals surface area contributed by atoms with Crippen molar-refractivity contribution in [2.45, 2.75) is 19.9 Å².